The van der Waals surface area contributed by atoms with Crippen molar-refractivity contribution in [2.75, 3.05) is 13.2 Å². The Morgan fingerprint density at radius 1 is 1.05 bits per heavy atom. The summed E-state index contributed by atoms with van der Waals surface area (Å²) in [4.78, 5) is 0. The maximum Gasteiger partial charge on any atom is 0.161 e. The normalized spacial score (nSPS) is 14.9. The average molecular weight is 356 g/mol. The van der Waals surface area contributed by atoms with Crippen LogP contribution >= 0.6 is 27.5 Å². The van der Waals surface area contributed by atoms with Crippen LogP contribution in [-0.4, -0.2) is 18.3 Å². The van der Waals surface area contributed by atoms with Crippen LogP contribution in [0.4, 0.5) is 0 Å². The van der Waals surface area contributed by atoms with E-state index in [4.69, 9.17) is 21.1 Å². The van der Waals surface area contributed by atoms with Gasteiger partial charge in [-0.25, -0.2) is 0 Å². The molecule has 5 heteroatoms. The molecule has 0 saturated heterocycles. The van der Waals surface area contributed by atoms with E-state index in [0.29, 0.717) is 29.7 Å². The summed E-state index contributed by atoms with van der Waals surface area (Å²) >= 11 is 9.33. The second-order valence-electron chi connectivity index (χ2n) is 4.47. The molecule has 1 aliphatic rings. The summed E-state index contributed by atoms with van der Waals surface area (Å²) in [6.07, 6.45) is -0.752. The van der Waals surface area contributed by atoms with Crippen LogP contribution in [-0.2, 0) is 0 Å². The number of fused-ring (bicyclic) bond motifs is 1. The molecule has 2 aromatic carbocycles. The van der Waals surface area contributed by atoms with E-state index in [2.05, 4.69) is 15.9 Å². The number of benzene rings is 2. The zero-order valence-electron chi connectivity index (χ0n) is 10.5. The Bertz CT molecular complexity index is 645. The number of aliphatic hydroxyl groups is 1. The zero-order valence-corrected chi connectivity index (χ0v) is 12.8. The lowest BCUT2D eigenvalue weighted by Crippen LogP contribution is -2.15. The maximum absolute atomic E-state index is 10.5. The van der Waals surface area contributed by atoms with Crippen LogP contribution in [0.15, 0.2) is 40.9 Å². The first-order chi connectivity index (χ1) is 9.65. The standard InChI is InChI=1S/C15H12BrClO3/c16-12-8-10(17)2-3-11(12)15(18)9-1-4-13-14(7-9)20-6-5-19-13/h1-4,7-8,15,18H,5-6H2. The van der Waals surface area contributed by atoms with Gasteiger partial charge >= 0.3 is 0 Å². The van der Waals surface area contributed by atoms with E-state index < -0.39 is 6.10 Å². The van der Waals surface area contributed by atoms with E-state index >= 15 is 0 Å². The van der Waals surface area contributed by atoms with E-state index in [0.717, 1.165) is 15.6 Å². The third kappa shape index (κ3) is 2.64. The highest BCUT2D eigenvalue weighted by molar-refractivity contribution is 9.10. The van der Waals surface area contributed by atoms with Gasteiger partial charge in [0.15, 0.2) is 11.5 Å². The number of ether oxygens (including phenoxy) is 2. The molecule has 0 amide bonds. The van der Waals surface area contributed by atoms with Crippen molar-refractivity contribution in [2.24, 2.45) is 0 Å². The number of rotatable bonds is 2. The third-order valence-electron chi connectivity index (χ3n) is 3.14. The van der Waals surface area contributed by atoms with Crippen molar-refractivity contribution in [1.82, 2.24) is 0 Å². The minimum absolute atomic E-state index is 0.525. The van der Waals surface area contributed by atoms with Gasteiger partial charge in [-0.15, -0.1) is 0 Å². The fourth-order valence-corrected chi connectivity index (χ4v) is 3.03. The van der Waals surface area contributed by atoms with Gasteiger partial charge in [0.05, 0.1) is 0 Å². The number of hydrogen-bond donors (Lipinski definition) is 1. The number of halogens is 2. The van der Waals surface area contributed by atoms with Gasteiger partial charge in [0.2, 0.25) is 0 Å². The van der Waals surface area contributed by atoms with Gasteiger partial charge in [-0.2, -0.15) is 0 Å². The van der Waals surface area contributed by atoms with Crippen molar-refractivity contribution < 1.29 is 14.6 Å². The molecule has 0 bridgehead atoms. The van der Waals surface area contributed by atoms with Gasteiger partial charge in [0.25, 0.3) is 0 Å². The smallest absolute Gasteiger partial charge is 0.161 e. The molecule has 20 heavy (non-hydrogen) atoms. The molecule has 0 aliphatic carbocycles. The lowest BCUT2D eigenvalue weighted by atomic mass is 10.0. The van der Waals surface area contributed by atoms with Crippen LogP contribution in [0.3, 0.4) is 0 Å². The van der Waals surface area contributed by atoms with E-state index in [1.807, 2.05) is 12.1 Å². The topological polar surface area (TPSA) is 38.7 Å². The second-order valence-corrected chi connectivity index (χ2v) is 5.76. The van der Waals surface area contributed by atoms with Crippen molar-refractivity contribution in [2.45, 2.75) is 6.10 Å². The Hall–Kier alpha value is -1.23. The van der Waals surface area contributed by atoms with Crippen LogP contribution in [0.1, 0.15) is 17.2 Å². The minimum Gasteiger partial charge on any atom is -0.486 e. The molecule has 0 aromatic heterocycles. The second kappa shape index (κ2) is 5.64. The summed E-state index contributed by atoms with van der Waals surface area (Å²) in [6.45, 7) is 1.08. The molecule has 3 rings (SSSR count). The van der Waals surface area contributed by atoms with E-state index in [1.54, 1.807) is 24.3 Å². The number of hydrogen-bond acceptors (Lipinski definition) is 3. The van der Waals surface area contributed by atoms with Crippen LogP contribution in [0, 0.1) is 0 Å². The zero-order chi connectivity index (χ0) is 14.1. The molecule has 0 fully saturated rings. The van der Waals surface area contributed by atoms with Crippen LogP contribution in [0.25, 0.3) is 0 Å². The summed E-state index contributed by atoms with van der Waals surface area (Å²) in [5.74, 6) is 1.38. The van der Waals surface area contributed by atoms with Crippen molar-refractivity contribution in [3.63, 3.8) is 0 Å². The summed E-state index contributed by atoms with van der Waals surface area (Å²) < 4.78 is 11.8. The molecule has 1 atom stereocenters. The Labute approximate surface area is 130 Å². The van der Waals surface area contributed by atoms with Gasteiger partial charge in [-0.05, 0) is 35.4 Å². The van der Waals surface area contributed by atoms with Crippen LogP contribution < -0.4 is 9.47 Å². The number of aliphatic hydroxyl groups excluding tert-OH is 1. The lowest BCUT2D eigenvalue weighted by molar-refractivity contribution is 0.169. The van der Waals surface area contributed by atoms with Crippen molar-refractivity contribution in [3.8, 4) is 11.5 Å². The SMILES string of the molecule is OC(c1ccc2c(c1)OCCO2)c1ccc(Cl)cc1Br. The Morgan fingerprint density at radius 2 is 1.80 bits per heavy atom. The maximum atomic E-state index is 10.5. The molecule has 1 heterocycles. The molecule has 0 radical (unpaired) electrons. The summed E-state index contributed by atoms with van der Waals surface area (Å²) in [5, 5.41) is 11.1. The van der Waals surface area contributed by atoms with Gasteiger partial charge < -0.3 is 14.6 Å². The van der Waals surface area contributed by atoms with Gasteiger partial charge in [-0.3, -0.25) is 0 Å². The highest BCUT2D eigenvalue weighted by Crippen LogP contribution is 2.36. The fourth-order valence-electron chi connectivity index (χ4n) is 2.13. The molecular weight excluding hydrogens is 344 g/mol. The van der Waals surface area contributed by atoms with Crippen molar-refractivity contribution in [1.29, 1.82) is 0 Å². The fraction of sp³-hybridized carbons (Fsp3) is 0.200. The molecule has 2 aromatic rings. The lowest BCUT2D eigenvalue weighted by Gasteiger charge is -2.20. The first kappa shape index (κ1) is 13.7. The van der Waals surface area contributed by atoms with E-state index in [-0.39, 0.29) is 0 Å². The first-order valence-electron chi connectivity index (χ1n) is 6.18. The molecule has 104 valence electrons. The molecule has 3 nitrogen and oxygen atoms in total. The van der Waals surface area contributed by atoms with E-state index in [1.165, 1.54) is 0 Å². The van der Waals surface area contributed by atoms with Crippen LogP contribution in [0.2, 0.25) is 5.02 Å². The Balaban J connectivity index is 1.95. The average Bonchev–Trinajstić information content (AvgIpc) is 2.46. The highest BCUT2D eigenvalue weighted by Gasteiger charge is 2.18. The molecule has 1 unspecified atom stereocenters. The van der Waals surface area contributed by atoms with Gasteiger partial charge in [0.1, 0.15) is 19.3 Å². The van der Waals surface area contributed by atoms with Gasteiger partial charge in [0, 0.05) is 9.50 Å². The van der Waals surface area contributed by atoms with Crippen LogP contribution in [0.5, 0.6) is 11.5 Å². The minimum atomic E-state index is -0.752. The quantitative estimate of drug-likeness (QED) is 0.886. The molecule has 1 aliphatic heterocycles. The largest absolute Gasteiger partial charge is 0.486 e. The van der Waals surface area contributed by atoms with Crippen molar-refractivity contribution in [3.05, 3.63) is 57.0 Å². The first-order valence-corrected chi connectivity index (χ1v) is 7.35. The highest BCUT2D eigenvalue weighted by atomic mass is 79.9. The third-order valence-corrected chi connectivity index (χ3v) is 4.06. The van der Waals surface area contributed by atoms with Crippen molar-refractivity contribution >= 4 is 27.5 Å². The molecule has 1 N–H and O–H groups in total. The predicted octanol–water partition coefficient (Wildman–Crippen LogP) is 3.96. The van der Waals surface area contributed by atoms with E-state index in [9.17, 15) is 5.11 Å². The molecule has 0 saturated carbocycles. The summed E-state index contributed by atoms with van der Waals surface area (Å²) in [7, 11) is 0. The van der Waals surface area contributed by atoms with Gasteiger partial charge in [-0.1, -0.05) is 39.7 Å². The summed E-state index contributed by atoms with van der Waals surface area (Å²) in [6, 6.07) is 10.8. The molecule has 0 spiro atoms. The summed E-state index contributed by atoms with van der Waals surface area (Å²) in [5.41, 5.74) is 1.50. The molecular formula is C15H12BrClO3. The Kier molecular flexibility index (Phi) is 3.87. The Morgan fingerprint density at radius 3 is 2.55 bits per heavy atom. The predicted molar refractivity (Wildman–Crippen MR) is 80.6 cm³/mol. The monoisotopic (exact) mass is 354 g/mol.